The largest absolute Gasteiger partial charge is 0.462 e. The van der Waals surface area contributed by atoms with E-state index in [2.05, 4.69) is 166 Å². The van der Waals surface area contributed by atoms with Crippen molar-refractivity contribution in [3.63, 3.8) is 0 Å². The summed E-state index contributed by atoms with van der Waals surface area (Å²) in [4.78, 5) is 36.6. The molecule has 0 aliphatic carbocycles. The smallest absolute Gasteiger partial charge is 0.318 e. The molecule has 0 saturated carbocycles. The fourth-order valence-electron chi connectivity index (χ4n) is 10.2. The van der Waals surface area contributed by atoms with Gasteiger partial charge in [0.15, 0.2) is 0 Å². The Morgan fingerprint density at radius 1 is 0.729 bits per heavy atom. The van der Waals surface area contributed by atoms with E-state index in [4.69, 9.17) is 14.7 Å². The van der Waals surface area contributed by atoms with E-state index in [9.17, 15) is 4.79 Å². The average Bonchev–Trinajstić information content (AvgIpc) is 3.98. The van der Waals surface area contributed by atoms with Crippen molar-refractivity contribution in [3.05, 3.63) is 161 Å². The first-order valence-electron chi connectivity index (χ1n) is 21.4. The normalized spacial score (nSPS) is 20.8. The first-order valence-corrected chi connectivity index (χ1v) is 21.4. The van der Waals surface area contributed by atoms with E-state index in [-0.39, 0.29) is 11.9 Å². The predicted molar refractivity (Wildman–Crippen MR) is 235 cm³/mol. The van der Waals surface area contributed by atoms with Crippen LogP contribution >= 0.6 is 0 Å². The Kier molecular flexibility index (Phi) is 10.0. The van der Waals surface area contributed by atoms with E-state index in [0.29, 0.717) is 57.9 Å². The van der Waals surface area contributed by atoms with Crippen LogP contribution in [0, 0.1) is 6.92 Å². The summed E-state index contributed by atoms with van der Waals surface area (Å²) in [5, 5.41) is 2.56. The number of hydrogen-bond acceptors (Lipinski definition) is 8. The van der Waals surface area contributed by atoms with Gasteiger partial charge in [-0.2, -0.15) is 9.97 Å². The van der Waals surface area contributed by atoms with Gasteiger partial charge in [0.05, 0.1) is 17.8 Å². The van der Waals surface area contributed by atoms with Crippen LogP contribution in [-0.4, -0.2) is 102 Å². The fourth-order valence-corrected chi connectivity index (χ4v) is 10.2. The van der Waals surface area contributed by atoms with Crippen LogP contribution in [0.3, 0.4) is 0 Å². The Morgan fingerprint density at radius 3 is 2.00 bits per heavy atom. The third-order valence-corrected chi connectivity index (χ3v) is 13.3. The maximum absolute atomic E-state index is 14.6. The first-order chi connectivity index (χ1) is 29.0. The summed E-state index contributed by atoms with van der Waals surface area (Å²) >= 11 is 0. The molecule has 1 aromatic heterocycles. The van der Waals surface area contributed by atoms with Crippen molar-refractivity contribution in [2.45, 2.75) is 50.4 Å². The first kappa shape index (κ1) is 37.5. The molecule has 0 spiro atoms. The zero-order valence-corrected chi connectivity index (χ0v) is 34.2. The Bertz CT molecular complexity index is 2340. The highest BCUT2D eigenvalue weighted by Crippen LogP contribution is 2.48. The van der Waals surface area contributed by atoms with Crippen molar-refractivity contribution in [3.8, 4) is 6.01 Å². The van der Waals surface area contributed by atoms with E-state index < -0.39 is 5.54 Å². The van der Waals surface area contributed by atoms with Gasteiger partial charge in [0.1, 0.15) is 18.5 Å². The molecule has 0 N–H and O–H groups in total. The second kappa shape index (κ2) is 15.8. The van der Waals surface area contributed by atoms with Gasteiger partial charge >= 0.3 is 6.01 Å². The lowest BCUT2D eigenvalue weighted by Gasteiger charge is -2.40. The van der Waals surface area contributed by atoms with Gasteiger partial charge < -0.3 is 24.3 Å². The molecule has 59 heavy (non-hydrogen) atoms. The molecule has 10 rings (SSSR count). The highest BCUT2D eigenvalue weighted by atomic mass is 16.5. The summed E-state index contributed by atoms with van der Waals surface area (Å²) in [5.41, 5.74) is 7.67. The molecule has 3 saturated heterocycles. The van der Waals surface area contributed by atoms with E-state index in [0.717, 1.165) is 54.1 Å². The zero-order valence-electron chi connectivity index (χ0n) is 34.2. The molecular weight excluding hydrogens is 731 g/mol. The number of benzene rings is 5. The summed E-state index contributed by atoms with van der Waals surface area (Å²) in [6.07, 6.45) is 3.16. The molecule has 3 unspecified atom stereocenters. The molecule has 0 radical (unpaired) electrons. The molecule has 4 aliphatic heterocycles. The van der Waals surface area contributed by atoms with Gasteiger partial charge in [-0.1, -0.05) is 121 Å². The second-order valence-corrected chi connectivity index (χ2v) is 16.8. The SMILES string of the molecule is Cc1cccc2cccc(N3CCc4c(nc(OCC5CCCN5C)nc4N4CCN(C(=O)C5CN5C(c5ccccc5)(c5ccccc5)c5ccccc5)CC4)C3)c12. The molecule has 5 heterocycles. The minimum Gasteiger partial charge on any atom is -0.462 e. The second-order valence-electron chi connectivity index (χ2n) is 16.8. The number of likely N-dealkylation sites (N-methyl/N-ethyl adjacent to an activating group) is 1. The number of amides is 1. The maximum Gasteiger partial charge on any atom is 0.318 e. The van der Waals surface area contributed by atoms with E-state index in [1.165, 1.54) is 34.0 Å². The molecule has 4 aliphatic rings. The summed E-state index contributed by atoms with van der Waals surface area (Å²) in [5.74, 6) is 1.17. The van der Waals surface area contributed by atoms with Gasteiger partial charge in [0.25, 0.3) is 0 Å². The van der Waals surface area contributed by atoms with Crippen molar-refractivity contribution >= 4 is 28.2 Å². The summed E-state index contributed by atoms with van der Waals surface area (Å²) in [7, 11) is 2.18. The molecule has 5 aromatic carbocycles. The number of likely N-dealkylation sites (tertiary alicyclic amines) is 1. The standard InChI is InChI=1S/C50H53N7O2/c1-36-15-12-16-37-17-13-25-44(46(36)37)56-28-26-42-43(33-56)51-49(59-35-41-24-14-27-53(41)2)52-47(42)54-29-31-55(32-30-54)48(58)45-34-57(45)50(38-18-6-3-7-19-38,39-20-8-4-9-21-39)40-22-10-5-11-23-40/h3-13,15-23,25,41,45H,14,24,26-35H2,1-2H3. The Hall–Kier alpha value is -5.77. The van der Waals surface area contributed by atoms with Gasteiger partial charge in [-0.25, -0.2) is 0 Å². The number of ether oxygens (including phenoxy) is 1. The Balaban J connectivity index is 0.909. The minimum absolute atomic E-state index is 0.201. The molecule has 3 atom stereocenters. The topological polar surface area (TPSA) is 68.1 Å². The van der Waals surface area contributed by atoms with Gasteiger partial charge in [-0.3, -0.25) is 9.69 Å². The van der Waals surface area contributed by atoms with Crippen LogP contribution in [0.2, 0.25) is 0 Å². The van der Waals surface area contributed by atoms with Crippen LogP contribution in [-0.2, 0) is 23.3 Å². The Morgan fingerprint density at radius 2 is 1.37 bits per heavy atom. The Labute approximate surface area is 347 Å². The number of piperazine rings is 1. The molecule has 9 heteroatoms. The van der Waals surface area contributed by atoms with Crippen molar-refractivity contribution < 1.29 is 9.53 Å². The van der Waals surface area contributed by atoms with Crippen LogP contribution in [0.4, 0.5) is 11.5 Å². The highest BCUT2D eigenvalue weighted by molar-refractivity contribution is 5.97. The number of hydrogen-bond donors (Lipinski definition) is 0. The van der Waals surface area contributed by atoms with E-state index >= 15 is 0 Å². The maximum atomic E-state index is 14.6. The molecule has 0 bridgehead atoms. The lowest BCUT2D eigenvalue weighted by atomic mass is 9.76. The minimum atomic E-state index is -0.589. The van der Waals surface area contributed by atoms with E-state index in [1.54, 1.807) is 0 Å². The fraction of sp³-hybridized carbons (Fsp3) is 0.340. The summed E-state index contributed by atoms with van der Waals surface area (Å²) in [6.45, 7) is 8.84. The van der Waals surface area contributed by atoms with Gasteiger partial charge in [0.2, 0.25) is 5.91 Å². The summed E-state index contributed by atoms with van der Waals surface area (Å²) in [6, 6.07) is 45.8. The quantitative estimate of drug-likeness (QED) is 0.106. The molecule has 300 valence electrons. The van der Waals surface area contributed by atoms with Crippen LogP contribution in [0.25, 0.3) is 10.8 Å². The number of carbonyl (C=O) groups excluding carboxylic acids is 1. The summed E-state index contributed by atoms with van der Waals surface area (Å²) < 4.78 is 6.46. The van der Waals surface area contributed by atoms with Gasteiger partial charge in [-0.15, -0.1) is 0 Å². The molecule has 6 aromatic rings. The van der Waals surface area contributed by atoms with Gasteiger partial charge in [-0.05, 0) is 73.5 Å². The van der Waals surface area contributed by atoms with Crippen molar-refractivity contribution in [1.29, 1.82) is 0 Å². The number of carbonyl (C=O) groups is 1. The number of aromatic nitrogens is 2. The predicted octanol–water partition coefficient (Wildman–Crippen LogP) is 7.30. The van der Waals surface area contributed by atoms with Crippen LogP contribution < -0.4 is 14.5 Å². The molecule has 1 amide bonds. The van der Waals surface area contributed by atoms with Crippen molar-refractivity contribution in [1.82, 2.24) is 24.7 Å². The third-order valence-electron chi connectivity index (χ3n) is 13.3. The number of rotatable bonds is 10. The lowest BCUT2D eigenvalue weighted by Crippen LogP contribution is -2.52. The van der Waals surface area contributed by atoms with Crippen molar-refractivity contribution in [2.75, 3.05) is 69.3 Å². The lowest BCUT2D eigenvalue weighted by molar-refractivity contribution is -0.132. The van der Waals surface area contributed by atoms with Crippen molar-refractivity contribution in [2.24, 2.45) is 0 Å². The molecular formula is C50H53N7O2. The number of nitrogens with zero attached hydrogens (tertiary/aromatic N) is 7. The highest BCUT2D eigenvalue weighted by Gasteiger charge is 2.57. The zero-order chi connectivity index (χ0) is 39.9. The van der Waals surface area contributed by atoms with Crippen LogP contribution in [0.5, 0.6) is 6.01 Å². The number of fused-ring (bicyclic) bond motifs is 2. The number of aryl methyl sites for hydroxylation is 1. The number of anilines is 2. The van der Waals surface area contributed by atoms with Crippen LogP contribution in [0.1, 0.15) is 46.4 Å². The van der Waals surface area contributed by atoms with Crippen LogP contribution in [0.15, 0.2) is 127 Å². The third kappa shape index (κ3) is 6.90. The monoisotopic (exact) mass is 783 g/mol. The van der Waals surface area contributed by atoms with Gasteiger partial charge in [0, 0.05) is 61.9 Å². The average molecular weight is 784 g/mol. The van der Waals surface area contributed by atoms with E-state index in [1.807, 2.05) is 0 Å². The molecule has 3 fully saturated rings. The molecule has 9 nitrogen and oxygen atoms in total.